The van der Waals surface area contributed by atoms with Gasteiger partial charge in [0.25, 0.3) is 0 Å². The fourth-order valence-corrected chi connectivity index (χ4v) is 2.09. The molecule has 1 atom stereocenters. The fourth-order valence-electron chi connectivity index (χ4n) is 1.93. The van der Waals surface area contributed by atoms with Gasteiger partial charge in [0.1, 0.15) is 11.9 Å². The molecule has 0 aromatic heterocycles. The number of hydrogen-bond acceptors (Lipinski definition) is 2. The van der Waals surface area contributed by atoms with Gasteiger partial charge < -0.3 is 10.2 Å². The topological polar surface area (TPSA) is 49.4 Å². The Bertz CT molecular complexity index is 269. The molecular weight excluding hydrogens is 228 g/mol. The van der Waals surface area contributed by atoms with Crippen molar-refractivity contribution in [2.45, 2.75) is 32.7 Å². The van der Waals surface area contributed by atoms with Gasteiger partial charge in [0.15, 0.2) is 0 Å². The Morgan fingerprint density at radius 1 is 1.62 bits per heavy atom. The smallest absolute Gasteiger partial charge is 0.242 e. The Kier molecular flexibility index (Phi) is 5.06. The molecule has 0 aliphatic carbocycles. The van der Waals surface area contributed by atoms with Crippen LogP contribution in [0.25, 0.3) is 0 Å². The second-order valence-corrected chi connectivity index (χ2v) is 4.78. The standard InChI is InChI=1S/C11H19ClN2O2/c1-8(2)6-9-11(16)13-4-3-5-14(9)10(15)7-12/h8-9H,3-7H2,1-2H3,(H,13,16). The van der Waals surface area contributed by atoms with E-state index < -0.39 is 0 Å². The lowest BCUT2D eigenvalue weighted by molar-refractivity contribution is -0.138. The minimum Gasteiger partial charge on any atom is -0.354 e. The van der Waals surface area contributed by atoms with Crippen molar-refractivity contribution in [2.75, 3.05) is 19.0 Å². The number of carbonyl (C=O) groups is 2. The zero-order chi connectivity index (χ0) is 12.1. The first-order valence-electron chi connectivity index (χ1n) is 5.69. The average Bonchev–Trinajstić information content (AvgIpc) is 2.41. The lowest BCUT2D eigenvalue weighted by Gasteiger charge is -2.29. The van der Waals surface area contributed by atoms with E-state index in [0.717, 1.165) is 6.42 Å². The molecule has 0 radical (unpaired) electrons. The van der Waals surface area contributed by atoms with E-state index in [2.05, 4.69) is 5.32 Å². The lowest BCUT2D eigenvalue weighted by atomic mass is 10.0. The van der Waals surface area contributed by atoms with E-state index in [4.69, 9.17) is 11.6 Å². The highest BCUT2D eigenvalue weighted by Crippen LogP contribution is 2.15. The third-order valence-corrected chi connectivity index (χ3v) is 2.91. The number of nitrogens with one attached hydrogen (secondary N) is 1. The van der Waals surface area contributed by atoms with Crippen molar-refractivity contribution >= 4 is 23.4 Å². The number of amides is 2. The van der Waals surface area contributed by atoms with Crippen LogP contribution >= 0.6 is 11.6 Å². The highest BCUT2D eigenvalue weighted by atomic mass is 35.5. The third-order valence-electron chi connectivity index (χ3n) is 2.68. The van der Waals surface area contributed by atoms with Crippen LogP contribution in [0.15, 0.2) is 0 Å². The summed E-state index contributed by atoms with van der Waals surface area (Å²) in [6.07, 6.45) is 1.48. The Morgan fingerprint density at radius 3 is 2.88 bits per heavy atom. The molecule has 1 rings (SSSR count). The molecule has 0 saturated carbocycles. The molecule has 0 aromatic rings. The van der Waals surface area contributed by atoms with Gasteiger partial charge in [-0.2, -0.15) is 0 Å². The Balaban J connectivity index is 2.81. The number of rotatable bonds is 3. The first kappa shape index (κ1) is 13.3. The van der Waals surface area contributed by atoms with Gasteiger partial charge in [-0.05, 0) is 18.8 Å². The molecule has 4 nitrogen and oxygen atoms in total. The van der Waals surface area contributed by atoms with Crippen LogP contribution in [0.4, 0.5) is 0 Å². The molecule has 1 aliphatic rings. The molecule has 2 amide bonds. The van der Waals surface area contributed by atoms with Crippen molar-refractivity contribution in [2.24, 2.45) is 5.92 Å². The average molecular weight is 247 g/mol. The number of hydrogen-bond donors (Lipinski definition) is 1. The largest absolute Gasteiger partial charge is 0.354 e. The molecule has 5 heteroatoms. The zero-order valence-corrected chi connectivity index (χ0v) is 10.6. The van der Waals surface area contributed by atoms with Crippen molar-refractivity contribution in [1.29, 1.82) is 0 Å². The summed E-state index contributed by atoms with van der Waals surface area (Å²) in [5, 5.41) is 2.83. The lowest BCUT2D eigenvalue weighted by Crippen LogP contribution is -2.48. The molecule has 1 fully saturated rings. The van der Waals surface area contributed by atoms with Crippen LogP contribution < -0.4 is 5.32 Å². The molecule has 0 bridgehead atoms. The molecule has 0 spiro atoms. The van der Waals surface area contributed by atoms with Gasteiger partial charge in [0, 0.05) is 13.1 Å². The first-order valence-corrected chi connectivity index (χ1v) is 6.23. The van der Waals surface area contributed by atoms with Gasteiger partial charge in [0.2, 0.25) is 11.8 Å². The SMILES string of the molecule is CC(C)CC1C(=O)NCCCN1C(=O)CCl. The predicted octanol–water partition coefficient (Wildman–Crippen LogP) is 0.988. The predicted molar refractivity (Wildman–Crippen MR) is 63.3 cm³/mol. The maximum absolute atomic E-state index is 11.8. The van der Waals surface area contributed by atoms with Crippen LogP contribution in [0.2, 0.25) is 0 Å². The second-order valence-electron chi connectivity index (χ2n) is 4.51. The van der Waals surface area contributed by atoms with E-state index in [1.807, 2.05) is 13.8 Å². The second kappa shape index (κ2) is 6.09. The molecule has 1 heterocycles. The van der Waals surface area contributed by atoms with E-state index in [1.165, 1.54) is 0 Å². The minimum absolute atomic E-state index is 0.0512. The summed E-state index contributed by atoms with van der Waals surface area (Å²) in [6, 6.07) is -0.353. The van der Waals surface area contributed by atoms with E-state index in [0.29, 0.717) is 25.4 Å². The highest BCUT2D eigenvalue weighted by Gasteiger charge is 2.31. The summed E-state index contributed by atoms with van der Waals surface area (Å²) in [4.78, 5) is 25.1. The normalized spacial score (nSPS) is 21.9. The minimum atomic E-state index is -0.353. The molecule has 92 valence electrons. The molecule has 16 heavy (non-hydrogen) atoms. The number of nitrogens with zero attached hydrogens (tertiary/aromatic N) is 1. The first-order chi connectivity index (χ1) is 7.56. The highest BCUT2D eigenvalue weighted by molar-refractivity contribution is 6.27. The zero-order valence-electron chi connectivity index (χ0n) is 9.83. The Hall–Kier alpha value is -0.770. The van der Waals surface area contributed by atoms with Crippen LogP contribution in [-0.4, -0.2) is 41.7 Å². The summed E-state index contributed by atoms with van der Waals surface area (Å²) >= 11 is 5.57. The van der Waals surface area contributed by atoms with E-state index >= 15 is 0 Å². The summed E-state index contributed by atoms with van der Waals surface area (Å²) in [7, 11) is 0. The van der Waals surface area contributed by atoms with Gasteiger partial charge in [-0.25, -0.2) is 0 Å². The summed E-state index contributed by atoms with van der Waals surface area (Å²) < 4.78 is 0. The molecule has 1 saturated heterocycles. The van der Waals surface area contributed by atoms with Crippen LogP contribution in [0, 0.1) is 5.92 Å². The maximum Gasteiger partial charge on any atom is 0.242 e. The van der Waals surface area contributed by atoms with Crippen molar-refractivity contribution in [1.82, 2.24) is 10.2 Å². The van der Waals surface area contributed by atoms with Gasteiger partial charge in [-0.3, -0.25) is 9.59 Å². The summed E-state index contributed by atoms with van der Waals surface area (Å²) in [5.41, 5.74) is 0. The van der Waals surface area contributed by atoms with Crippen molar-refractivity contribution in [3.63, 3.8) is 0 Å². The number of alkyl halides is 1. The number of halogens is 1. The summed E-state index contributed by atoms with van der Waals surface area (Å²) in [6.45, 7) is 5.34. The van der Waals surface area contributed by atoms with Crippen LogP contribution in [-0.2, 0) is 9.59 Å². The van der Waals surface area contributed by atoms with Crippen LogP contribution in [0.3, 0.4) is 0 Å². The Morgan fingerprint density at radius 2 is 2.31 bits per heavy atom. The molecule has 1 unspecified atom stereocenters. The van der Waals surface area contributed by atoms with E-state index in [-0.39, 0.29) is 23.7 Å². The molecule has 1 aliphatic heterocycles. The molecule has 1 N–H and O–H groups in total. The number of carbonyl (C=O) groups excluding carboxylic acids is 2. The molecular formula is C11H19ClN2O2. The Labute approximate surface area is 101 Å². The van der Waals surface area contributed by atoms with Crippen LogP contribution in [0.1, 0.15) is 26.7 Å². The molecule has 0 aromatic carbocycles. The van der Waals surface area contributed by atoms with E-state index in [1.54, 1.807) is 4.90 Å². The third kappa shape index (κ3) is 3.37. The van der Waals surface area contributed by atoms with Gasteiger partial charge in [-0.15, -0.1) is 11.6 Å². The van der Waals surface area contributed by atoms with Crippen molar-refractivity contribution < 1.29 is 9.59 Å². The monoisotopic (exact) mass is 246 g/mol. The van der Waals surface area contributed by atoms with Crippen LogP contribution in [0.5, 0.6) is 0 Å². The van der Waals surface area contributed by atoms with E-state index in [9.17, 15) is 9.59 Å². The summed E-state index contributed by atoms with van der Waals surface area (Å²) in [5.74, 6) is 0.121. The van der Waals surface area contributed by atoms with Gasteiger partial charge in [-0.1, -0.05) is 13.8 Å². The fraction of sp³-hybridized carbons (Fsp3) is 0.818. The van der Waals surface area contributed by atoms with Gasteiger partial charge in [0.05, 0.1) is 0 Å². The van der Waals surface area contributed by atoms with Crippen molar-refractivity contribution in [3.05, 3.63) is 0 Å². The quantitative estimate of drug-likeness (QED) is 0.755. The van der Waals surface area contributed by atoms with Gasteiger partial charge >= 0.3 is 0 Å². The van der Waals surface area contributed by atoms with Crippen molar-refractivity contribution in [3.8, 4) is 0 Å². The maximum atomic E-state index is 11.8.